The Morgan fingerprint density at radius 2 is 2.39 bits per heavy atom. The summed E-state index contributed by atoms with van der Waals surface area (Å²) < 4.78 is 28.2. The Kier molecular flexibility index (Phi) is 4.46. The summed E-state index contributed by atoms with van der Waals surface area (Å²) in [7, 11) is -1.96. The van der Waals surface area contributed by atoms with E-state index in [9.17, 15) is 8.42 Å². The summed E-state index contributed by atoms with van der Waals surface area (Å²) in [5, 5.41) is 0.365. The second-order valence-corrected chi connectivity index (χ2v) is 8.21. The van der Waals surface area contributed by atoms with Gasteiger partial charge >= 0.3 is 0 Å². The van der Waals surface area contributed by atoms with Gasteiger partial charge < -0.3 is 10.3 Å². The summed E-state index contributed by atoms with van der Waals surface area (Å²) in [6, 6.07) is 0. The minimum atomic E-state index is -3.57. The number of imidazole rings is 1. The number of aryl methyl sites for hydroxylation is 1. The van der Waals surface area contributed by atoms with Crippen molar-refractivity contribution in [1.29, 1.82) is 0 Å². The average molecular weight is 308 g/mol. The molecule has 102 valence electrons. The van der Waals surface area contributed by atoms with Gasteiger partial charge in [0.15, 0.2) is 10.8 Å². The number of sulfonamides is 1. The van der Waals surface area contributed by atoms with E-state index in [-0.39, 0.29) is 10.8 Å². The average Bonchev–Trinajstić information content (AvgIpc) is 2.69. The second kappa shape index (κ2) is 5.72. The summed E-state index contributed by atoms with van der Waals surface area (Å²) in [5.74, 6) is 3.23. The maximum atomic E-state index is 12.1. The summed E-state index contributed by atoms with van der Waals surface area (Å²) >= 11 is 3.67. The van der Waals surface area contributed by atoms with Crippen LogP contribution in [0.5, 0.6) is 0 Å². The van der Waals surface area contributed by atoms with Gasteiger partial charge in [-0.25, -0.2) is 18.1 Å². The van der Waals surface area contributed by atoms with Crippen molar-refractivity contribution in [2.75, 3.05) is 29.5 Å². The zero-order valence-electron chi connectivity index (χ0n) is 10.00. The Hall–Kier alpha value is -0.380. The molecule has 2 heterocycles. The summed E-state index contributed by atoms with van der Waals surface area (Å²) in [6.45, 7) is 0.435. The molecule has 0 aliphatic carbocycles. The molecule has 9 heteroatoms. The van der Waals surface area contributed by atoms with Crippen molar-refractivity contribution in [3.63, 3.8) is 0 Å². The van der Waals surface area contributed by atoms with Crippen LogP contribution in [0, 0.1) is 0 Å². The number of hydrogen-bond acceptors (Lipinski definition) is 6. The highest BCUT2D eigenvalue weighted by Gasteiger charge is 2.24. The molecule has 1 saturated heterocycles. The number of nitrogens with zero attached hydrogens (tertiary/aromatic N) is 2. The highest BCUT2D eigenvalue weighted by molar-refractivity contribution is 8.06. The largest absolute Gasteiger partial charge is 0.381 e. The maximum absolute atomic E-state index is 12.1. The summed E-state index contributed by atoms with van der Waals surface area (Å²) in [6.07, 6.45) is 1.40. The van der Waals surface area contributed by atoms with Gasteiger partial charge in [-0.05, 0) is 0 Å². The first kappa shape index (κ1) is 14.0. The van der Waals surface area contributed by atoms with Crippen LogP contribution in [-0.4, -0.2) is 47.0 Å². The summed E-state index contributed by atoms with van der Waals surface area (Å²) in [5.41, 5.74) is 5.58. The predicted octanol–water partition coefficient (Wildman–Crippen LogP) is 0.129. The van der Waals surface area contributed by atoms with E-state index in [0.29, 0.717) is 11.8 Å². The molecule has 1 aromatic rings. The number of nitrogens with one attached hydrogen (secondary N) is 1. The lowest BCUT2D eigenvalue weighted by molar-refractivity contribution is 0.572. The standard InChI is InChI=1S/C9H16N4O2S3/c1-13-6-11-8(10)9(13)18(14,15)12-4-7-5-16-2-3-17-7/h6-7,12H,2-5,10H2,1H3. The van der Waals surface area contributed by atoms with Gasteiger partial charge in [-0.15, -0.1) is 0 Å². The molecule has 1 aliphatic heterocycles. The molecule has 1 aromatic heterocycles. The minimum Gasteiger partial charge on any atom is -0.381 e. The fourth-order valence-electron chi connectivity index (χ4n) is 1.69. The normalized spacial score (nSPS) is 21.1. The van der Waals surface area contributed by atoms with Crippen LogP contribution in [0.15, 0.2) is 11.4 Å². The first-order valence-corrected chi connectivity index (χ1v) is 9.15. The Morgan fingerprint density at radius 3 is 2.94 bits per heavy atom. The van der Waals surface area contributed by atoms with Crippen LogP contribution >= 0.6 is 23.5 Å². The van der Waals surface area contributed by atoms with Crippen LogP contribution in [0.2, 0.25) is 0 Å². The smallest absolute Gasteiger partial charge is 0.260 e. The van der Waals surface area contributed by atoms with Crippen molar-refractivity contribution in [1.82, 2.24) is 14.3 Å². The molecule has 0 radical (unpaired) electrons. The number of hydrogen-bond donors (Lipinski definition) is 2. The third-order valence-corrected chi connectivity index (χ3v) is 6.95. The van der Waals surface area contributed by atoms with Crippen molar-refractivity contribution < 1.29 is 8.42 Å². The number of nitrogens with two attached hydrogens (primary N) is 1. The lowest BCUT2D eigenvalue weighted by Crippen LogP contribution is -2.34. The monoisotopic (exact) mass is 308 g/mol. The van der Waals surface area contributed by atoms with Gasteiger partial charge in [-0.1, -0.05) is 0 Å². The van der Waals surface area contributed by atoms with Gasteiger partial charge in [0.25, 0.3) is 10.0 Å². The lowest BCUT2D eigenvalue weighted by atomic mass is 10.5. The minimum absolute atomic E-state index is 0.0377. The van der Waals surface area contributed by atoms with Gasteiger partial charge in [0.2, 0.25) is 0 Å². The van der Waals surface area contributed by atoms with Gasteiger partial charge in [-0.3, -0.25) is 0 Å². The predicted molar refractivity (Wildman–Crippen MR) is 76.4 cm³/mol. The summed E-state index contributed by atoms with van der Waals surface area (Å²) in [4.78, 5) is 3.79. The van der Waals surface area contributed by atoms with E-state index in [1.807, 2.05) is 23.5 Å². The molecule has 1 fully saturated rings. The third kappa shape index (κ3) is 3.14. The third-order valence-electron chi connectivity index (χ3n) is 2.55. The highest BCUT2D eigenvalue weighted by atomic mass is 32.2. The molecular weight excluding hydrogens is 292 g/mol. The lowest BCUT2D eigenvalue weighted by Gasteiger charge is -2.21. The van der Waals surface area contributed by atoms with Gasteiger partial charge in [0.1, 0.15) is 0 Å². The van der Waals surface area contributed by atoms with E-state index in [2.05, 4.69) is 9.71 Å². The Morgan fingerprint density at radius 1 is 1.61 bits per heavy atom. The molecule has 0 bridgehead atoms. The van der Waals surface area contributed by atoms with E-state index in [1.165, 1.54) is 10.9 Å². The first-order chi connectivity index (χ1) is 8.50. The first-order valence-electron chi connectivity index (χ1n) is 5.46. The fourth-order valence-corrected chi connectivity index (χ4v) is 5.72. The topological polar surface area (TPSA) is 90.0 Å². The van der Waals surface area contributed by atoms with Crippen molar-refractivity contribution in [3.8, 4) is 0 Å². The molecule has 18 heavy (non-hydrogen) atoms. The molecule has 1 unspecified atom stereocenters. The number of thioether (sulfide) groups is 2. The molecule has 2 rings (SSSR count). The van der Waals surface area contributed by atoms with Crippen LogP contribution < -0.4 is 10.5 Å². The molecule has 6 nitrogen and oxygen atoms in total. The Labute approximate surface area is 115 Å². The van der Waals surface area contributed by atoms with Crippen LogP contribution in [0.3, 0.4) is 0 Å². The molecule has 0 spiro atoms. The van der Waals surface area contributed by atoms with Crippen molar-refractivity contribution in [3.05, 3.63) is 6.33 Å². The van der Waals surface area contributed by atoms with E-state index in [4.69, 9.17) is 5.73 Å². The van der Waals surface area contributed by atoms with E-state index in [0.717, 1.165) is 17.3 Å². The number of rotatable bonds is 4. The molecule has 1 aliphatic rings. The molecule has 0 aromatic carbocycles. The molecular formula is C9H16N4O2S3. The fraction of sp³-hybridized carbons (Fsp3) is 0.667. The molecule has 0 amide bonds. The number of anilines is 1. The van der Waals surface area contributed by atoms with E-state index < -0.39 is 10.0 Å². The van der Waals surface area contributed by atoms with Gasteiger partial charge in [0.05, 0.1) is 6.33 Å². The SMILES string of the molecule is Cn1cnc(N)c1S(=O)(=O)NCC1CSCCS1. The van der Waals surface area contributed by atoms with E-state index in [1.54, 1.807) is 7.05 Å². The highest BCUT2D eigenvalue weighted by Crippen LogP contribution is 2.24. The van der Waals surface area contributed by atoms with Gasteiger partial charge in [-0.2, -0.15) is 23.5 Å². The molecule has 1 atom stereocenters. The maximum Gasteiger partial charge on any atom is 0.260 e. The van der Waals surface area contributed by atoms with Crippen molar-refractivity contribution in [2.24, 2.45) is 7.05 Å². The Bertz CT molecular complexity index is 488. The molecule has 0 saturated carbocycles. The van der Waals surface area contributed by atoms with Crippen LogP contribution in [-0.2, 0) is 17.1 Å². The van der Waals surface area contributed by atoms with Crippen LogP contribution in [0.1, 0.15) is 0 Å². The van der Waals surface area contributed by atoms with E-state index >= 15 is 0 Å². The van der Waals surface area contributed by atoms with Gasteiger partial charge in [0, 0.05) is 36.1 Å². The molecule has 3 N–H and O–H groups in total. The number of aromatic nitrogens is 2. The van der Waals surface area contributed by atoms with Crippen LogP contribution in [0.4, 0.5) is 5.82 Å². The second-order valence-electron chi connectivity index (χ2n) is 3.97. The zero-order chi connectivity index (χ0) is 13.2. The quantitative estimate of drug-likeness (QED) is 0.822. The number of nitrogen functional groups attached to an aromatic ring is 1. The van der Waals surface area contributed by atoms with Crippen LogP contribution in [0.25, 0.3) is 0 Å². The Balaban J connectivity index is 2.03. The van der Waals surface area contributed by atoms with Crippen molar-refractivity contribution in [2.45, 2.75) is 10.3 Å². The van der Waals surface area contributed by atoms with Crippen molar-refractivity contribution >= 4 is 39.4 Å². The zero-order valence-corrected chi connectivity index (χ0v) is 12.4.